The van der Waals surface area contributed by atoms with E-state index in [9.17, 15) is 9.59 Å². The largest absolute Gasteiger partial charge is 0.481 e. The maximum absolute atomic E-state index is 12.1. The van der Waals surface area contributed by atoms with E-state index in [4.69, 9.17) is 9.47 Å². The SMILES string of the molecule is C[C@H](Oc1cccc(Br)c1)C(=O)NNC(=O)[C@@H]1Cc2ccccc2O1. The van der Waals surface area contributed by atoms with E-state index < -0.39 is 24.0 Å². The van der Waals surface area contributed by atoms with Gasteiger partial charge in [-0.1, -0.05) is 40.2 Å². The van der Waals surface area contributed by atoms with Gasteiger partial charge in [-0.15, -0.1) is 0 Å². The van der Waals surface area contributed by atoms with Gasteiger partial charge in [0.25, 0.3) is 11.8 Å². The molecule has 0 bridgehead atoms. The molecule has 0 aliphatic carbocycles. The number of carbonyl (C=O) groups is 2. The van der Waals surface area contributed by atoms with Gasteiger partial charge in [0, 0.05) is 10.9 Å². The molecule has 2 amide bonds. The van der Waals surface area contributed by atoms with Crippen LogP contribution in [0.15, 0.2) is 53.0 Å². The summed E-state index contributed by atoms with van der Waals surface area (Å²) in [6, 6.07) is 14.6. The molecular weight excluding hydrogens is 388 g/mol. The van der Waals surface area contributed by atoms with Crippen LogP contribution in [0.1, 0.15) is 12.5 Å². The van der Waals surface area contributed by atoms with E-state index in [0.29, 0.717) is 17.9 Å². The fourth-order valence-corrected chi connectivity index (χ4v) is 2.81. The lowest BCUT2D eigenvalue weighted by atomic mass is 10.1. The third-order valence-electron chi connectivity index (χ3n) is 3.73. The summed E-state index contributed by atoms with van der Waals surface area (Å²) in [7, 11) is 0. The van der Waals surface area contributed by atoms with Gasteiger partial charge in [-0.05, 0) is 36.8 Å². The molecule has 2 aromatic rings. The Hall–Kier alpha value is -2.54. The van der Waals surface area contributed by atoms with Crippen molar-refractivity contribution < 1.29 is 19.1 Å². The topological polar surface area (TPSA) is 76.7 Å². The maximum atomic E-state index is 12.1. The number of hydrazine groups is 1. The molecule has 0 saturated heterocycles. The highest BCUT2D eigenvalue weighted by Crippen LogP contribution is 2.28. The molecule has 0 unspecified atom stereocenters. The molecule has 6 nitrogen and oxygen atoms in total. The highest BCUT2D eigenvalue weighted by Gasteiger charge is 2.29. The lowest BCUT2D eigenvalue weighted by molar-refractivity contribution is -0.135. The summed E-state index contributed by atoms with van der Waals surface area (Å²) in [6.45, 7) is 1.60. The Bertz CT molecular complexity index is 771. The number of hydrogen-bond acceptors (Lipinski definition) is 4. The molecule has 0 spiro atoms. The van der Waals surface area contributed by atoms with E-state index in [-0.39, 0.29) is 0 Å². The molecule has 1 aliphatic heterocycles. The second kappa shape index (κ2) is 7.57. The second-order valence-corrected chi connectivity index (χ2v) is 6.53. The van der Waals surface area contributed by atoms with Gasteiger partial charge in [0.15, 0.2) is 12.2 Å². The predicted molar refractivity (Wildman–Crippen MR) is 95.1 cm³/mol. The van der Waals surface area contributed by atoms with Gasteiger partial charge < -0.3 is 9.47 Å². The third-order valence-corrected chi connectivity index (χ3v) is 4.22. The molecule has 0 saturated carbocycles. The summed E-state index contributed by atoms with van der Waals surface area (Å²) in [6.07, 6.45) is -0.947. The van der Waals surface area contributed by atoms with Crippen molar-refractivity contribution >= 4 is 27.7 Å². The third kappa shape index (κ3) is 4.30. The summed E-state index contributed by atoms with van der Waals surface area (Å²) in [5.74, 6) is 0.390. The summed E-state index contributed by atoms with van der Waals surface area (Å²) >= 11 is 3.34. The number of amides is 2. The average molecular weight is 405 g/mol. The molecule has 0 radical (unpaired) electrons. The van der Waals surface area contributed by atoms with Crippen molar-refractivity contribution in [1.82, 2.24) is 10.9 Å². The van der Waals surface area contributed by atoms with Gasteiger partial charge in [0.2, 0.25) is 0 Å². The van der Waals surface area contributed by atoms with Gasteiger partial charge in [0.05, 0.1) is 0 Å². The van der Waals surface area contributed by atoms with Crippen LogP contribution in [-0.4, -0.2) is 24.0 Å². The predicted octanol–water partition coefficient (Wildman–Crippen LogP) is 2.37. The van der Waals surface area contributed by atoms with E-state index in [2.05, 4.69) is 26.8 Å². The lowest BCUT2D eigenvalue weighted by Crippen LogP contribution is -2.51. The van der Waals surface area contributed by atoms with Gasteiger partial charge in [-0.25, -0.2) is 0 Å². The monoisotopic (exact) mass is 404 g/mol. The van der Waals surface area contributed by atoms with Crippen LogP contribution in [0.3, 0.4) is 0 Å². The summed E-state index contributed by atoms with van der Waals surface area (Å²) < 4.78 is 12.0. The minimum absolute atomic E-state index is 0.404. The Morgan fingerprint density at radius 2 is 2.00 bits per heavy atom. The molecule has 1 aliphatic rings. The first-order valence-electron chi connectivity index (χ1n) is 7.79. The van der Waals surface area contributed by atoms with Crippen molar-refractivity contribution in [3.8, 4) is 11.5 Å². The normalized spacial score (nSPS) is 16.3. The van der Waals surface area contributed by atoms with Gasteiger partial charge >= 0.3 is 0 Å². The molecule has 2 N–H and O–H groups in total. The molecule has 3 rings (SSSR count). The van der Waals surface area contributed by atoms with Crippen molar-refractivity contribution in [2.24, 2.45) is 0 Å². The minimum Gasteiger partial charge on any atom is -0.481 e. The van der Waals surface area contributed by atoms with Crippen molar-refractivity contribution in [1.29, 1.82) is 0 Å². The van der Waals surface area contributed by atoms with Crippen molar-refractivity contribution in [2.45, 2.75) is 25.6 Å². The van der Waals surface area contributed by atoms with Crippen LogP contribution in [0.5, 0.6) is 11.5 Å². The number of carbonyl (C=O) groups excluding carboxylic acids is 2. The number of nitrogens with one attached hydrogen (secondary N) is 2. The Balaban J connectivity index is 1.48. The number of fused-ring (bicyclic) bond motifs is 1. The molecule has 2 aromatic carbocycles. The van der Waals surface area contributed by atoms with E-state index in [1.807, 2.05) is 30.3 Å². The van der Waals surface area contributed by atoms with Crippen molar-refractivity contribution in [3.63, 3.8) is 0 Å². The molecule has 130 valence electrons. The van der Waals surface area contributed by atoms with E-state index >= 15 is 0 Å². The average Bonchev–Trinajstić information content (AvgIpc) is 3.03. The molecule has 2 atom stereocenters. The number of ether oxygens (including phenoxy) is 2. The zero-order valence-electron chi connectivity index (χ0n) is 13.5. The standard InChI is InChI=1S/C18H17BrN2O4/c1-11(24-14-7-4-6-13(19)10-14)17(22)20-21-18(23)16-9-12-5-2-3-8-15(12)25-16/h2-8,10-11,16H,9H2,1H3,(H,20,22)(H,21,23)/t11-,16-/m0/s1. The Morgan fingerprint density at radius 1 is 1.20 bits per heavy atom. The molecule has 0 aromatic heterocycles. The number of benzene rings is 2. The first-order chi connectivity index (χ1) is 12.0. The van der Waals surface area contributed by atoms with Crippen LogP contribution < -0.4 is 20.3 Å². The maximum Gasteiger partial charge on any atom is 0.279 e. The Labute approximate surface area is 153 Å². The zero-order valence-corrected chi connectivity index (χ0v) is 15.1. The first kappa shape index (κ1) is 17.3. The highest BCUT2D eigenvalue weighted by molar-refractivity contribution is 9.10. The fraction of sp³-hybridized carbons (Fsp3) is 0.222. The summed E-state index contributed by atoms with van der Waals surface area (Å²) in [5, 5.41) is 0. The molecule has 25 heavy (non-hydrogen) atoms. The molecule has 1 heterocycles. The van der Waals surface area contributed by atoms with E-state index in [1.165, 1.54) is 0 Å². The van der Waals surface area contributed by atoms with Gasteiger partial charge in [0.1, 0.15) is 11.5 Å². The second-order valence-electron chi connectivity index (χ2n) is 5.61. The number of halogens is 1. The van der Waals surface area contributed by atoms with Crippen LogP contribution in [0.4, 0.5) is 0 Å². The van der Waals surface area contributed by atoms with Gasteiger partial charge in [-0.2, -0.15) is 0 Å². The van der Waals surface area contributed by atoms with Crippen LogP contribution in [0.2, 0.25) is 0 Å². The Kier molecular flexibility index (Phi) is 5.23. The quantitative estimate of drug-likeness (QED) is 0.766. The van der Waals surface area contributed by atoms with Crippen LogP contribution >= 0.6 is 15.9 Å². The summed E-state index contributed by atoms with van der Waals surface area (Å²) in [5.41, 5.74) is 5.72. The Morgan fingerprint density at radius 3 is 2.76 bits per heavy atom. The lowest BCUT2D eigenvalue weighted by Gasteiger charge is -2.16. The smallest absolute Gasteiger partial charge is 0.279 e. The molecule has 0 fully saturated rings. The summed E-state index contributed by atoms with van der Waals surface area (Å²) in [4.78, 5) is 24.2. The highest BCUT2D eigenvalue weighted by atomic mass is 79.9. The number of para-hydroxylation sites is 1. The minimum atomic E-state index is -0.767. The molecule has 7 heteroatoms. The first-order valence-corrected chi connectivity index (χ1v) is 8.59. The van der Waals surface area contributed by atoms with Crippen molar-refractivity contribution in [2.75, 3.05) is 0 Å². The van der Waals surface area contributed by atoms with Crippen molar-refractivity contribution in [3.05, 3.63) is 58.6 Å². The van der Waals surface area contributed by atoms with Crippen LogP contribution in [-0.2, 0) is 16.0 Å². The number of rotatable bonds is 4. The van der Waals surface area contributed by atoms with E-state index in [0.717, 1.165) is 10.0 Å². The van der Waals surface area contributed by atoms with Crippen LogP contribution in [0.25, 0.3) is 0 Å². The zero-order chi connectivity index (χ0) is 17.8. The number of hydrogen-bond donors (Lipinski definition) is 2. The molecular formula is C18H17BrN2O4. The van der Waals surface area contributed by atoms with Gasteiger partial charge in [-0.3, -0.25) is 20.4 Å². The van der Waals surface area contributed by atoms with Crippen LogP contribution in [0, 0.1) is 0 Å². The van der Waals surface area contributed by atoms with E-state index in [1.54, 1.807) is 25.1 Å². The fourth-order valence-electron chi connectivity index (χ4n) is 2.43.